The molecule has 0 N–H and O–H groups in total. The molecule has 0 bridgehead atoms. The minimum Gasteiger partial charge on any atom is -0.198 e. The van der Waals surface area contributed by atoms with Gasteiger partial charge in [-0.05, 0) is 12.3 Å². The second-order valence-electron chi connectivity index (χ2n) is 2.68. The maximum atomic E-state index is 8.22. The molecule has 10 heavy (non-hydrogen) atoms. The lowest BCUT2D eigenvalue weighted by atomic mass is 10.0. The highest BCUT2D eigenvalue weighted by Gasteiger charge is 1.96. The smallest absolute Gasteiger partial charge is 0.0621 e. The van der Waals surface area contributed by atoms with Crippen LogP contribution < -0.4 is 0 Å². The van der Waals surface area contributed by atoms with E-state index in [2.05, 4.69) is 19.9 Å². The molecule has 0 aromatic heterocycles. The van der Waals surface area contributed by atoms with Crippen molar-refractivity contribution in [1.82, 2.24) is 0 Å². The largest absolute Gasteiger partial charge is 0.198 e. The molecule has 0 spiro atoms. The molecule has 0 aliphatic rings. The normalized spacial score (nSPS) is 12.5. The molecule has 1 nitrogen and oxygen atoms in total. The highest BCUT2D eigenvalue weighted by molar-refractivity contribution is 4.69. The van der Waals surface area contributed by atoms with Crippen molar-refractivity contribution in [3.8, 4) is 6.07 Å². The number of hydrogen-bond acceptors (Lipinski definition) is 1. The van der Waals surface area contributed by atoms with Gasteiger partial charge in [-0.1, -0.05) is 33.1 Å². The summed E-state index contributed by atoms with van der Waals surface area (Å²) in [6.07, 6.45) is 5.25. The van der Waals surface area contributed by atoms with Gasteiger partial charge in [-0.25, -0.2) is 0 Å². The number of rotatable bonds is 5. The maximum absolute atomic E-state index is 8.22. The fraction of sp³-hybridized carbons (Fsp3) is 0.778. The average Bonchev–Trinajstić information content (AvgIpc) is 1.98. The number of unbranched alkanes of at least 4 members (excludes halogenated alkanes) is 2. The molecule has 0 aliphatic heterocycles. The lowest BCUT2D eigenvalue weighted by Gasteiger charge is -2.04. The van der Waals surface area contributed by atoms with Gasteiger partial charge in [-0.3, -0.25) is 0 Å². The Hall–Kier alpha value is -0.510. The van der Waals surface area contributed by atoms with E-state index >= 15 is 0 Å². The zero-order valence-corrected chi connectivity index (χ0v) is 6.77. The predicted molar refractivity (Wildman–Crippen MR) is 43.2 cm³/mol. The van der Waals surface area contributed by atoms with Gasteiger partial charge in [0, 0.05) is 6.42 Å². The quantitative estimate of drug-likeness (QED) is 0.536. The summed E-state index contributed by atoms with van der Waals surface area (Å²) >= 11 is 0. The topological polar surface area (TPSA) is 23.8 Å². The van der Waals surface area contributed by atoms with Gasteiger partial charge in [0.2, 0.25) is 0 Å². The van der Waals surface area contributed by atoms with Gasteiger partial charge in [0.05, 0.1) is 6.07 Å². The fourth-order valence-corrected chi connectivity index (χ4v) is 0.841. The van der Waals surface area contributed by atoms with Crippen molar-refractivity contribution in [2.24, 2.45) is 5.92 Å². The number of nitrogens with zero attached hydrogens (tertiary/aromatic N) is 1. The number of hydrogen-bond donors (Lipinski definition) is 0. The second-order valence-corrected chi connectivity index (χ2v) is 2.68. The van der Waals surface area contributed by atoms with Crippen LogP contribution in [0.15, 0.2) is 0 Å². The van der Waals surface area contributed by atoms with Crippen molar-refractivity contribution in [3.05, 3.63) is 6.92 Å². The first-order valence-electron chi connectivity index (χ1n) is 4.01. The molecule has 0 heterocycles. The van der Waals surface area contributed by atoms with Crippen LogP contribution in [0, 0.1) is 24.2 Å². The third-order valence-corrected chi connectivity index (χ3v) is 1.73. The molecular formula is C9H16N. The van der Waals surface area contributed by atoms with Crippen molar-refractivity contribution >= 4 is 0 Å². The molecule has 1 atom stereocenters. The summed E-state index contributed by atoms with van der Waals surface area (Å²) in [5.41, 5.74) is 0. The van der Waals surface area contributed by atoms with Gasteiger partial charge in [0.25, 0.3) is 0 Å². The molecule has 1 radical (unpaired) electrons. The highest BCUT2D eigenvalue weighted by atomic mass is 14.2. The molecule has 0 rings (SSSR count). The van der Waals surface area contributed by atoms with Crippen molar-refractivity contribution in [1.29, 1.82) is 5.26 Å². The van der Waals surface area contributed by atoms with Crippen LogP contribution >= 0.6 is 0 Å². The van der Waals surface area contributed by atoms with Gasteiger partial charge >= 0.3 is 0 Å². The Labute approximate surface area is 64.1 Å². The maximum Gasteiger partial charge on any atom is 0.0621 e. The van der Waals surface area contributed by atoms with E-state index in [9.17, 15) is 0 Å². The SMILES string of the molecule is [CH2]C(CC)CCCCC#N. The molecule has 0 saturated heterocycles. The Bertz CT molecular complexity index is 102. The van der Waals surface area contributed by atoms with Crippen LogP contribution in [-0.2, 0) is 0 Å². The molecule has 0 aliphatic carbocycles. The first-order chi connectivity index (χ1) is 4.81. The van der Waals surface area contributed by atoms with E-state index in [0.717, 1.165) is 19.3 Å². The summed E-state index contributed by atoms with van der Waals surface area (Å²) in [6, 6.07) is 2.14. The van der Waals surface area contributed by atoms with Crippen LogP contribution in [0.3, 0.4) is 0 Å². The van der Waals surface area contributed by atoms with Crippen LogP contribution in [0.4, 0.5) is 0 Å². The average molecular weight is 138 g/mol. The monoisotopic (exact) mass is 138 g/mol. The zero-order valence-electron chi connectivity index (χ0n) is 6.77. The van der Waals surface area contributed by atoms with Crippen LogP contribution in [0.25, 0.3) is 0 Å². The molecule has 0 aromatic rings. The van der Waals surface area contributed by atoms with E-state index in [0.29, 0.717) is 12.3 Å². The minimum absolute atomic E-state index is 0.596. The Morgan fingerprint density at radius 3 is 2.70 bits per heavy atom. The van der Waals surface area contributed by atoms with Crippen molar-refractivity contribution in [2.45, 2.75) is 39.0 Å². The summed E-state index contributed by atoms with van der Waals surface area (Å²) in [4.78, 5) is 0. The van der Waals surface area contributed by atoms with Crippen LogP contribution in [0.2, 0.25) is 0 Å². The predicted octanol–water partition coefficient (Wildman–Crippen LogP) is 2.93. The van der Waals surface area contributed by atoms with Crippen molar-refractivity contribution < 1.29 is 0 Å². The first kappa shape index (κ1) is 9.49. The molecule has 0 amide bonds. The van der Waals surface area contributed by atoms with Crippen LogP contribution in [-0.4, -0.2) is 0 Å². The van der Waals surface area contributed by atoms with E-state index in [1.54, 1.807) is 0 Å². The van der Waals surface area contributed by atoms with Gasteiger partial charge in [0.1, 0.15) is 0 Å². The third-order valence-electron chi connectivity index (χ3n) is 1.73. The zero-order chi connectivity index (χ0) is 7.82. The lowest BCUT2D eigenvalue weighted by molar-refractivity contribution is 0.530. The molecule has 1 unspecified atom stereocenters. The summed E-state index contributed by atoms with van der Waals surface area (Å²) in [7, 11) is 0. The van der Waals surface area contributed by atoms with E-state index in [1.807, 2.05) is 0 Å². The molecular weight excluding hydrogens is 122 g/mol. The van der Waals surface area contributed by atoms with E-state index < -0.39 is 0 Å². The van der Waals surface area contributed by atoms with Crippen LogP contribution in [0.1, 0.15) is 39.0 Å². The molecule has 1 heteroatoms. The Morgan fingerprint density at radius 1 is 1.50 bits per heavy atom. The lowest BCUT2D eigenvalue weighted by Crippen LogP contribution is -1.91. The van der Waals surface area contributed by atoms with E-state index in [-0.39, 0.29) is 0 Å². The molecule has 0 saturated carbocycles. The molecule has 0 fully saturated rings. The van der Waals surface area contributed by atoms with Crippen molar-refractivity contribution in [2.75, 3.05) is 0 Å². The van der Waals surface area contributed by atoms with Gasteiger partial charge in [0.15, 0.2) is 0 Å². The van der Waals surface area contributed by atoms with E-state index in [4.69, 9.17) is 5.26 Å². The number of nitriles is 1. The van der Waals surface area contributed by atoms with Crippen LogP contribution in [0.5, 0.6) is 0 Å². The fourth-order valence-electron chi connectivity index (χ4n) is 0.841. The van der Waals surface area contributed by atoms with Gasteiger partial charge in [-0.2, -0.15) is 5.26 Å². The molecule has 57 valence electrons. The highest BCUT2D eigenvalue weighted by Crippen LogP contribution is 2.10. The first-order valence-corrected chi connectivity index (χ1v) is 4.01. The molecule has 0 aromatic carbocycles. The van der Waals surface area contributed by atoms with Crippen molar-refractivity contribution in [3.63, 3.8) is 0 Å². The Morgan fingerprint density at radius 2 is 2.20 bits per heavy atom. The summed E-state index contributed by atoms with van der Waals surface area (Å²) in [6.45, 7) is 6.13. The summed E-state index contributed by atoms with van der Waals surface area (Å²) < 4.78 is 0. The Kier molecular flexibility index (Phi) is 6.27. The van der Waals surface area contributed by atoms with Gasteiger partial charge in [-0.15, -0.1) is 0 Å². The standard InChI is InChI=1S/C9H16N/c1-3-9(2)7-5-4-6-8-10/h9H,2-7H2,1H3. The second kappa shape index (κ2) is 6.61. The summed E-state index contributed by atoms with van der Waals surface area (Å²) in [5, 5.41) is 8.22. The van der Waals surface area contributed by atoms with E-state index in [1.165, 1.54) is 6.42 Å². The van der Waals surface area contributed by atoms with Gasteiger partial charge < -0.3 is 0 Å². The summed E-state index contributed by atoms with van der Waals surface area (Å²) in [5.74, 6) is 0.596. The Balaban J connectivity index is 2.98. The third kappa shape index (κ3) is 5.62. The minimum atomic E-state index is 0.596.